The van der Waals surface area contributed by atoms with E-state index in [0.29, 0.717) is 13.0 Å². The minimum Gasteiger partial charge on any atom is -0.496 e. The van der Waals surface area contributed by atoms with Gasteiger partial charge < -0.3 is 20.4 Å². The SMILES string of the molecule is COc1ccccc1C(CNC(=O)C(Cc1c[nH]c2ccccc12)NC(C)=O)N1CCCC1. The monoisotopic (exact) mass is 448 g/mol. The smallest absolute Gasteiger partial charge is 0.242 e. The molecule has 33 heavy (non-hydrogen) atoms. The van der Waals surface area contributed by atoms with Crippen LogP contribution in [0.4, 0.5) is 0 Å². The highest BCUT2D eigenvalue weighted by Crippen LogP contribution is 2.31. The Bertz CT molecular complexity index is 1100. The number of hydrogen-bond donors (Lipinski definition) is 3. The maximum atomic E-state index is 13.3. The number of rotatable bonds is 9. The Balaban J connectivity index is 1.51. The van der Waals surface area contributed by atoms with Gasteiger partial charge in [-0.15, -0.1) is 0 Å². The largest absolute Gasteiger partial charge is 0.496 e. The van der Waals surface area contributed by atoms with Crippen molar-refractivity contribution in [2.24, 2.45) is 0 Å². The molecule has 7 heteroatoms. The number of benzene rings is 2. The number of carbonyl (C=O) groups is 2. The fraction of sp³-hybridized carbons (Fsp3) is 0.385. The molecule has 3 aromatic rings. The molecule has 2 atom stereocenters. The summed E-state index contributed by atoms with van der Waals surface area (Å²) in [6.07, 6.45) is 4.62. The van der Waals surface area contributed by atoms with Crippen LogP contribution >= 0.6 is 0 Å². The Kier molecular flexibility index (Phi) is 7.29. The third-order valence-electron chi connectivity index (χ3n) is 6.34. The number of nitrogens with zero attached hydrogens (tertiary/aromatic N) is 1. The Morgan fingerprint density at radius 2 is 1.82 bits per heavy atom. The van der Waals surface area contributed by atoms with Crippen LogP contribution in [0.2, 0.25) is 0 Å². The number of fused-ring (bicyclic) bond motifs is 1. The molecule has 1 aromatic heterocycles. The normalized spacial score (nSPS) is 15.8. The van der Waals surface area contributed by atoms with Crippen molar-refractivity contribution in [3.8, 4) is 5.75 Å². The zero-order chi connectivity index (χ0) is 23.2. The first-order chi connectivity index (χ1) is 16.1. The number of hydrogen-bond acceptors (Lipinski definition) is 4. The van der Waals surface area contributed by atoms with Gasteiger partial charge in [0.15, 0.2) is 0 Å². The van der Waals surface area contributed by atoms with Crippen LogP contribution in [-0.2, 0) is 16.0 Å². The number of methoxy groups -OCH3 is 1. The maximum absolute atomic E-state index is 13.3. The average Bonchev–Trinajstić information content (AvgIpc) is 3.49. The molecular formula is C26H32N4O3. The summed E-state index contributed by atoms with van der Waals surface area (Å²) in [5.41, 5.74) is 3.08. The molecule has 2 unspecified atom stereocenters. The summed E-state index contributed by atoms with van der Waals surface area (Å²) >= 11 is 0. The minimum atomic E-state index is -0.654. The summed E-state index contributed by atoms with van der Waals surface area (Å²) < 4.78 is 5.60. The third-order valence-corrected chi connectivity index (χ3v) is 6.34. The Morgan fingerprint density at radius 1 is 1.09 bits per heavy atom. The highest BCUT2D eigenvalue weighted by Gasteiger charge is 2.28. The number of ether oxygens (including phenoxy) is 1. The van der Waals surface area contributed by atoms with Crippen molar-refractivity contribution in [3.05, 3.63) is 65.9 Å². The molecule has 2 amide bonds. The summed E-state index contributed by atoms with van der Waals surface area (Å²) in [6, 6.07) is 15.3. The molecule has 2 aromatic carbocycles. The molecule has 1 fully saturated rings. The van der Waals surface area contributed by atoms with Crippen molar-refractivity contribution >= 4 is 22.7 Å². The van der Waals surface area contributed by atoms with Gasteiger partial charge in [0.1, 0.15) is 11.8 Å². The van der Waals surface area contributed by atoms with Crippen molar-refractivity contribution in [1.29, 1.82) is 0 Å². The van der Waals surface area contributed by atoms with E-state index in [2.05, 4.69) is 26.6 Å². The van der Waals surface area contributed by atoms with Crippen LogP contribution in [0.1, 0.15) is 36.9 Å². The van der Waals surface area contributed by atoms with Crippen LogP contribution in [0.15, 0.2) is 54.7 Å². The zero-order valence-electron chi connectivity index (χ0n) is 19.3. The van der Waals surface area contributed by atoms with Crippen LogP contribution < -0.4 is 15.4 Å². The van der Waals surface area contributed by atoms with E-state index >= 15 is 0 Å². The second-order valence-electron chi connectivity index (χ2n) is 8.56. The maximum Gasteiger partial charge on any atom is 0.242 e. The number of para-hydroxylation sites is 2. The minimum absolute atomic E-state index is 0.0127. The molecule has 0 spiro atoms. The topological polar surface area (TPSA) is 86.5 Å². The summed E-state index contributed by atoms with van der Waals surface area (Å²) in [5.74, 6) is 0.409. The summed E-state index contributed by atoms with van der Waals surface area (Å²) in [7, 11) is 1.67. The lowest BCUT2D eigenvalue weighted by molar-refractivity contribution is -0.128. The molecule has 174 valence electrons. The predicted molar refractivity (Wildman–Crippen MR) is 129 cm³/mol. The van der Waals surface area contributed by atoms with Gasteiger partial charge in [-0.05, 0) is 43.6 Å². The molecule has 1 aliphatic heterocycles. The number of H-pyrrole nitrogens is 1. The van der Waals surface area contributed by atoms with Gasteiger partial charge in [0, 0.05) is 42.6 Å². The lowest BCUT2D eigenvalue weighted by Crippen LogP contribution is -2.49. The molecule has 0 radical (unpaired) electrons. The molecule has 4 rings (SSSR count). The number of nitrogens with one attached hydrogen (secondary N) is 3. The Morgan fingerprint density at radius 3 is 2.58 bits per heavy atom. The van der Waals surface area contributed by atoms with Gasteiger partial charge in [-0.25, -0.2) is 0 Å². The lowest BCUT2D eigenvalue weighted by atomic mass is 10.0. The molecule has 0 bridgehead atoms. The molecule has 2 heterocycles. The first-order valence-corrected chi connectivity index (χ1v) is 11.5. The van der Waals surface area contributed by atoms with Gasteiger partial charge in [0.25, 0.3) is 0 Å². The van der Waals surface area contributed by atoms with Crippen molar-refractivity contribution in [1.82, 2.24) is 20.5 Å². The molecule has 0 aliphatic carbocycles. The molecule has 3 N–H and O–H groups in total. The van der Waals surface area contributed by atoms with E-state index < -0.39 is 6.04 Å². The van der Waals surface area contributed by atoms with Crippen molar-refractivity contribution < 1.29 is 14.3 Å². The van der Waals surface area contributed by atoms with E-state index in [9.17, 15) is 9.59 Å². The highest BCUT2D eigenvalue weighted by molar-refractivity contribution is 5.89. The molecule has 1 aliphatic rings. The van der Waals surface area contributed by atoms with Crippen molar-refractivity contribution in [3.63, 3.8) is 0 Å². The fourth-order valence-corrected chi connectivity index (χ4v) is 4.73. The highest BCUT2D eigenvalue weighted by atomic mass is 16.5. The van der Waals surface area contributed by atoms with E-state index in [-0.39, 0.29) is 17.9 Å². The van der Waals surface area contributed by atoms with Gasteiger partial charge in [-0.1, -0.05) is 36.4 Å². The third kappa shape index (κ3) is 5.37. The standard InChI is InChI=1S/C26H32N4O3/c1-18(31)29-23(15-19-16-27-22-11-5-3-9-20(19)22)26(32)28-17-24(30-13-7-8-14-30)21-10-4-6-12-25(21)33-2/h3-6,9-12,16,23-24,27H,7-8,13-15,17H2,1-2H3,(H,28,32)(H,29,31). The van der Waals surface area contributed by atoms with Crippen molar-refractivity contribution in [2.45, 2.75) is 38.3 Å². The number of likely N-dealkylation sites (tertiary alicyclic amines) is 1. The quantitative estimate of drug-likeness (QED) is 0.469. The van der Waals surface area contributed by atoms with Crippen LogP contribution in [0.25, 0.3) is 10.9 Å². The van der Waals surface area contributed by atoms with Gasteiger partial charge in [0.05, 0.1) is 13.2 Å². The van der Waals surface area contributed by atoms with Gasteiger partial charge >= 0.3 is 0 Å². The number of aromatic amines is 1. The lowest BCUT2D eigenvalue weighted by Gasteiger charge is -2.30. The average molecular weight is 449 g/mol. The summed E-state index contributed by atoms with van der Waals surface area (Å²) in [6.45, 7) is 3.87. The van der Waals surface area contributed by atoms with Gasteiger partial charge in [0.2, 0.25) is 11.8 Å². The Labute approximate surface area is 194 Å². The van der Waals surface area contributed by atoms with Crippen molar-refractivity contribution in [2.75, 3.05) is 26.7 Å². The zero-order valence-corrected chi connectivity index (χ0v) is 19.3. The second-order valence-corrected chi connectivity index (χ2v) is 8.56. The van der Waals surface area contributed by atoms with Crippen LogP contribution in [0.5, 0.6) is 5.75 Å². The van der Waals surface area contributed by atoms with Gasteiger partial charge in [-0.3, -0.25) is 14.5 Å². The van der Waals surface area contributed by atoms with E-state index in [1.54, 1.807) is 7.11 Å². The molecular weight excluding hydrogens is 416 g/mol. The molecule has 7 nitrogen and oxygen atoms in total. The van der Waals surface area contributed by atoms with Gasteiger partial charge in [-0.2, -0.15) is 0 Å². The predicted octanol–water partition coefficient (Wildman–Crippen LogP) is 3.18. The van der Waals surface area contributed by atoms with E-state index in [0.717, 1.165) is 53.7 Å². The number of carbonyl (C=O) groups excluding carboxylic acids is 2. The number of amides is 2. The number of aromatic nitrogens is 1. The summed E-state index contributed by atoms with van der Waals surface area (Å²) in [4.78, 5) is 30.8. The first kappa shape index (κ1) is 22.9. The molecule has 1 saturated heterocycles. The van der Waals surface area contributed by atoms with E-state index in [4.69, 9.17) is 4.74 Å². The second kappa shape index (κ2) is 10.5. The van der Waals surface area contributed by atoms with Crippen LogP contribution in [-0.4, -0.2) is 54.5 Å². The van der Waals surface area contributed by atoms with E-state index in [1.807, 2.05) is 48.7 Å². The Hall–Kier alpha value is -3.32. The van der Waals surface area contributed by atoms with E-state index in [1.165, 1.54) is 6.92 Å². The first-order valence-electron chi connectivity index (χ1n) is 11.5. The summed E-state index contributed by atoms with van der Waals surface area (Å²) in [5, 5.41) is 7.01. The fourth-order valence-electron chi connectivity index (χ4n) is 4.73. The van der Waals surface area contributed by atoms with Crippen LogP contribution in [0.3, 0.4) is 0 Å². The van der Waals surface area contributed by atoms with Crippen LogP contribution in [0, 0.1) is 0 Å². The molecule has 0 saturated carbocycles.